The zero-order valence-electron chi connectivity index (χ0n) is 10.1. The van der Waals surface area contributed by atoms with Crippen LogP contribution in [0.1, 0.15) is 36.2 Å². The molecule has 19 heavy (non-hydrogen) atoms. The Labute approximate surface area is 122 Å². The fourth-order valence-corrected chi connectivity index (χ4v) is 3.79. The van der Waals surface area contributed by atoms with Crippen LogP contribution in [0.4, 0.5) is 0 Å². The number of aromatic amines is 1. The van der Waals surface area contributed by atoms with Crippen LogP contribution in [-0.4, -0.2) is 33.1 Å². The molecule has 0 saturated heterocycles. The summed E-state index contributed by atoms with van der Waals surface area (Å²) in [5.41, 5.74) is 1.28. The van der Waals surface area contributed by atoms with Gasteiger partial charge in [0.1, 0.15) is 16.0 Å². The third-order valence-electron chi connectivity index (χ3n) is 3.45. The molecule has 2 aromatic rings. The Morgan fingerprint density at radius 3 is 3.05 bits per heavy atom. The zero-order chi connectivity index (χ0) is 13.4. The number of H-pyrrole nitrogens is 1. The average Bonchev–Trinajstić information content (AvgIpc) is 2.89. The molecule has 2 atom stereocenters. The van der Waals surface area contributed by atoms with E-state index in [1.165, 1.54) is 11.3 Å². The first-order valence-electron chi connectivity index (χ1n) is 6.27. The standard InChI is InChI=1S/C12H14BrN3O2S/c13-12-16-8-5-7(15-11(8)19-12)10(18)14-6-3-1-2-4-9(6)17/h5-6,9,15,17H,1-4H2,(H,14,18)/t6-,9-/m1/s1. The summed E-state index contributed by atoms with van der Waals surface area (Å²) in [5.74, 6) is -0.174. The Hall–Kier alpha value is -0.920. The molecule has 1 aliphatic rings. The summed E-state index contributed by atoms with van der Waals surface area (Å²) in [6.07, 6.45) is 3.26. The van der Waals surface area contributed by atoms with Crippen molar-refractivity contribution in [2.75, 3.05) is 0 Å². The van der Waals surface area contributed by atoms with Crippen molar-refractivity contribution in [2.24, 2.45) is 0 Å². The van der Waals surface area contributed by atoms with E-state index in [0.717, 1.165) is 39.9 Å². The topological polar surface area (TPSA) is 78.0 Å². The molecule has 2 heterocycles. The summed E-state index contributed by atoms with van der Waals surface area (Å²) >= 11 is 4.76. The number of aliphatic hydroxyl groups excluding tert-OH is 1. The lowest BCUT2D eigenvalue weighted by Crippen LogP contribution is -2.45. The number of carbonyl (C=O) groups excluding carboxylic acids is 1. The molecule has 3 N–H and O–H groups in total. The molecule has 102 valence electrons. The van der Waals surface area contributed by atoms with E-state index in [-0.39, 0.29) is 11.9 Å². The summed E-state index contributed by atoms with van der Waals surface area (Å²) in [7, 11) is 0. The molecule has 0 unspecified atom stereocenters. The second-order valence-corrected chi connectivity index (χ2v) is 7.07. The van der Waals surface area contributed by atoms with Crippen molar-refractivity contribution in [1.29, 1.82) is 0 Å². The van der Waals surface area contributed by atoms with Gasteiger partial charge >= 0.3 is 0 Å². The van der Waals surface area contributed by atoms with Crippen LogP contribution in [0.3, 0.4) is 0 Å². The lowest BCUT2D eigenvalue weighted by atomic mass is 9.92. The molecule has 0 radical (unpaired) electrons. The third-order valence-corrected chi connectivity index (χ3v) is 4.89. The molecule has 7 heteroatoms. The molecule has 5 nitrogen and oxygen atoms in total. The van der Waals surface area contributed by atoms with E-state index in [1.54, 1.807) is 6.07 Å². The number of hydrogen-bond donors (Lipinski definition) is 3. The first-order chi connectivity index (χ1) is 9.13. The van der Waals surface area contributed by atoms with E-state index in [0.29, 0.717) is 5.69 Å². The van der Waals surface area contributed by atoms with Crippen molar-refractivity contribution >= 4 is 43.5 Å². The minimum Gasteiger partial charge on any atom is -0.391 e. The van der Waals surface area contributed by atoms with Crippen LogP contribution in [0.25, 0.3) is 10.3 Å². The van der Waals surface area contributed by atoms with Crippen molar-refractivity contribution in [2.45, 2.75) is 37.8 Å². The van der Waals surface area contributed by atoms with Crippen LogP contribution in [0.15, 0.2) is 9.98 Å². The van der Waals surface area contributed by atoms with Gasteiger partial charge in [-0.3, -0.25) is 4.79 Å². The number of rotatable bonds is 2. The summed E-state index contributed by atoms with van der Waals surface area (Å²) < 4.78 is 0.795. The third kappa shape index (κ3) is 2.68. The molecule has 1 saturated carbocycles. The number of carbonyl (C=O) groups is 1. The molecular formula is C12H14BrN3O2S. The van der Waals surface area contributed by atoms with Gasteiger partial charge in [0.25, 0.3) is 5.91 Å². The number of nitrogens with zero attached hydrogens (tertiary/aromatic N) is 1. The minimum atomic E-state index is -0.430. The van der Waals surface area contributed by atoms with Crippen LogP contribution in [0, 0.1) is 0 Å². The van der Waals surface area contributed by atoms with Crippen molar-refractivity contribution in [3.63, 3.8) is 0 Å². The highest BCUT2D eigenvalue weighted by molar-refractivity contribution is 9.11. The second-order valence-electron chi connectivity index (χ2n) is 4.80. The quantitative estimate of drug-likeness (QED) is 0.783. The van der Waals surface area contributed by atoms with Gasteiger partial charge in [0.05, 0.1) is 12.1 Å². The van der Waals surface area contributed by atoms with E-state index in [4.69, 9.17) is 0 Å². The van der Waals surface area contributed by atoms with Crippen LogP contribution >= 0.6 is 27.3 Å². The van der Waals surface area contributed by atoms with Gasteiger partial charge in [0.2, 0.25) is 0 Å². The molecular weight excluding hydrogens is 330 g/mol. The van der Waals surface area contributed by atoms with E-state index in [2.05, 4.69) is 31.2 Å². The Kier molecular flexibility index (Phi) is 3.60. The van der Waals surface area contributed by atoms with Crippen LogP contribution in [0.5, 0.6) is 0 Å². The normalized spacial score (nSPS) is 23.7. The average molecular weight is 344 g/mol. The maximum atomic E-state index is 12.1. The molecule has 3 rings (SSSR count). The number of thiazole rings is 1. The molecule has 1 fully saturated rings. The smallest absolute Gasteiger partial charge is 0.268 e. The Balaban J connectivity index is 1.73. The maximum Gasteiger partial charge on any atom is 0.268 e. The number of fused-ring (bicyclic) bond motifs is 1. The Bertz CT molecular complexity index is 578. The first-order valence-corrected chi connectivity index (χ1v) is 7.88. The van der Waals surface area contributed by atoms with Gasteiger partial charge in [-0.25, -0.2) is 4.98 Å². The molecule has 0 bridgehead atoms. The number of halogens is 1. The van der Waals surface area contributed by atoms with Gasteiger partial charge in [-0.05, 0) is 34.8 Å². The summed E-state index contributed by atoms with van der Waals surface area (Å²) in [6, 6.07) is 1.60. The monoisotopic (exact) mass is 343 g/mol. The predicted octanol–water partition coefficient (Wildman–Crippen LogP) is 2.42. The lowest BCUT2D eigenvalue weighted by Gasteiger charge is -2.28. The number of nitrogens with one attached hydrogen (secondary N) is 2. The fourth-order valence-electron chi connectivity index (χ4n) is 2.44. The SMILES string of the molecule is O=C(N[C@@H]1CCCC[C@H]1O)c1cc2nc(Br)sc2[nH]1. The molecule has 1 amide bonds. The fraction of sp³-hybridized carbons (Fsp3) is 0.500. The molecule has 0 spiro atoms. The summed E-state index contributed by atoms with van der Waals surface area (Å²) in [6.45, 7) is 0. The zero-order valence-corrected chi connectivity index (χ0v) is 12.6. The molecule has 0 aliphatic heterocycles. The van der Waals surface area contributed by atoms with Crippen molar-refractivity contribution in [1.82, 2.24) is 15.3 Å². The van der Waals surface area contributed by atoms with Crippen molar-refractivity contribution in [3.05, 3.63) is 15.7 Å². The number of amides is 1. The Morgan fingerprint density at radius 2 is 2.32 bits per heavy atom. The largest absolute Gasteiger partial charge is 0.391 e. The van der Waals surface area contributed by atoms with Crippen LogP contribution < -0.4 is 5.32 Å². The van der Waals surface area contributed by atoms with E-state index in [9.17, 15) is 9.90 Å². The van der Waals surface area contributed by atoms with E-state index >= 15 is 0 Å². The van der Waals surface area contributed by atoms with Gasteiger partial charge in [-0.15, -0.1) is 0 Å². The molecule has 1 aliphatic carbocycles. The van der Waals surface area contributed by atoms with E-state index in [1.807, 2.05) is 0 Å². The highest BCUT2D eigenvalue weighted by Gasteiger charge is 2.25. The van der Waals surface area contributed by atoms with Gasteiger partial charge in [0, 0.05) is 0 Å². The molecule has 0 aromatic carbocycles. The summed E-state index contributed by atoms with van der Waals surface area (Å²) in [4.78, 5) is 20.3. The maximum absolute atomic E-state index is 12.1. The van der Waals surface area contributed by atoms with E-state index < -0.39 is 6.10 Å². The van der Waals surface area contributed by atoms with Crippen molar-refractivity contribution in [3.8, 4) is 0 Å². The number of hydrogen-bond acceptors (Lipinski definition) is 4. The highest BCUT2D eigenvalue weighted by atomic mass is 79.9. The first kappa shape index (κ1) is 13.1. The highest BCUT2D eigenvalue weighted by Crippen LogP contribution is 2.26. The van der Waals surface area contributed by atoms with Crippen molar-refractivity contribution < 1.29 is 9.90 Å². The number of aromatic nitrogens is 2. The van der Waals surface area contributed by atoms with Crippen LogP contribution in [-0.2, 0) is 0 Å². The van der Waals surface area contributed by atoms with Gasteiger partial charge < -0.3 is 15.4 Å². The van der Waals surface area contributed by atoms with Crippen LogP contribution in [0.2, 0.25) is 0 Å². The van der Waals surface area contributed by atoms with Gasteiger partial charge in [0.15, 0.2) is 3.92 Å². The second kappa shape index (κ2) is 5.22. The molecule has 2 aromatic heterocycles. The summed E-state index contributed by atoms with van der Waals surface area (Å²) in [5, 5.41) is 12.8. The number of aliphatic hydroxyl groups is 1. The lowest BCUT2D eigenvalue weighted by molar-refractivity contribution is 0.0714. The predicted molar refractivity (Wildman–Crippen MR) is 77.4 cm³/mol. The van der Waals surface area contributed by atoms with Gasteiger partial charge in [-0.2, -0.15) is 0 Å². The van der Waals surface area contributed by atoms with Gasteiger partial charge in [-0.1, -0.05) is 24.2 Å². The Morgan fingerprint density at radius 1 is 1.53 bits per heavy atom. The minimum absolute atomic E-state index is 0.137.